The van der Waals surface area contributed by atoms with E-state index in [1.54, 1.807) is 18.5 Å². The lowest BCUT2D eigenvalue weighted by atomic mass is 10.1. The van der Waals surface area contributed by atoms with Crippen LogP contribution in [0.15, 0.2) is 45.9 Å². The van der Waals surface area contributed by atoms with Gasteiger partial charge < -0.3 is 9.84 Å². The SMILES string of the molecule is Cc1noc(C)c1S(=O)(=O)N[C@H]1Cc2c(C(=O)NCc3ccccc3)cnn2C1. The van der Waals surface area contributed by atoms with Crippen LogP contribution in [0.5, 0.6) is 0 Å². The number of fused-ring (bicyclic) bond motifs is 1. The lowest BCUT2D eigenvalue weighted by Crippen LogP contribution is -2.36. The van der Waals surface area contributed by atoms with E-state index in [1.165, 1.54) is 6.20 Å². The molecule has 2 aromatic heterocycles. The van der Waals surface area contributed by atoms with Crippen LogP contribution in [-0.2, 0) is 29.5 Å². The highest BCUT2D eigenvalue weighted by Crippen LogP contribution is 2.23. The van der Waals surface area contributed by atoms with E-state index in [4.69, 9.17) is 4.52 Å². The molecule has 0 saturated heterocycles. The van der Waals surface area contributed by atoms with Gasteiger partial charge in [-0.1, -0.05) is 35.5 Å². The number of sulfonamides is 1. The van der Waals surface area contributed by atoms with Crippen LogP contribution in [0.4, 0.5) is 0 Å². The minimum atomic E-state index is -3.78. The third kappa shape index (κ3) is 3.81. The molecule has 3 heterocycles. The van der Waals surface area contributed by atoms with Crippen molar-refractivity contribution in [3.8, 4) is 0 Å². The van der Waals surface area contributed by atoms with Gasteiger partial charge in [-0.05, 0) is 19.4 Å². The fraction of sp³-hybridized carbons (Fsp3) is 0.316. The van der Waals surface area contributed by atoms with Gasteiger partial charge in [0.05, 0.1) is 24.0 Å². The summed E-state index contributed by atoms with van der Waals surface area (Å²) >= 11 is 0. The minimum Gasteiger partial charge on any atom is -0.360 e. The summed E-state index contributed by atoms with van der Waals surface area (Å²) in [7, 11) is -3.78. The van der Waals surface area contributed by atoms with E-state index in [2.05, 4.69) is 20.3 Å². The zero-order valence-electron chi connectivity index (χ0n) is 16.0. The number of hydrogen-bond acceptors (Lipinski definition) is 6. The van der Waals surface area contributed by atoms with E-state index in [-0.39, 0.29) is 16.6 Å². The average molecular weight is 415 g/mol. The molecule has 0 spiro atoms. The summed E-state index contributed by atoms with van der Waals surface area (Å²) in [5, 5.41) is 10.8. The molecule has 152 valence electrons. The van der Waals surface area contributed by atoms with Crippen molar-refractivity contribution in [1.82, 2.24) is 25.0 Å². The summed E-state index contributed by atoms with van der Waals surface area (Å²) in [5.74, 6) is 0.0102. The molecule has 1 atom stereocenters. The van der Waals surface area contributed by atoms with Crippen molar-refractivity contribution in [2.45, 2.75) is 44.3 Å². The van der Waals surface area contributed by atoms with Crippen LogP contribution in [0.25, 0.3) is 0 Å². The molecule has 0 bridgehead atoms. The highest BCUT2D eigenvalue weighted by Gasteiger charge is 2.33. The molecule has 0 unspecified atom stereocenters. The van der Waals surface area contributed by atoms with Crippen LogP contribution in [0.3, 0.4) is 0 Å². The van der Waals surface area contributed by atoms with E-state index < -0.39 is 16.1 Å². The molecule has 10 heteroatoms. The van der Waals surface area contributed by atoms with Gasteiger partial charge in [0.15, 0.2) is 5.76 Å². The number of benzene rings is 1. The molecule has 3 aromatic rings. The number of hydrogen-bond donors (Lipinski definition) is 2. The molecule has 0 aliphatic carbocycles. The maximum absolute atomic E-state index is 12.7. The molecule has 2 N–H and O–H groups in total. The van der Waals surface area contributed by atoms with Crippen molar-refractivity contribution in [3.63, 3.8) is 0 Å². The van der Waals surface area contributed by atoms with Gasteiger partial charge in [-0.25, -0.2) is 13.1 Å². The van der Waals surface area contributed by atoms with Crippen molar-refractivity contribution in [2.24, 2.45) is 0 Å². The summed E-state index contributed by atoms with van der Waals surface area (Å²) in [6, 6.07) is 9.20. The first-order valence-electron chi connectivity index (χ1n) is 9.17. The normalized spacial score (nSPS) is 16.0. The molecule has 0 radical (unpaired) electrons. The first kappa shape index (κ1) is 19.3. The fourth-order valence-electron chi connectivity index (χ4n) is 3.57. The molecule has 1 amide bonds. The number of amides is 1. The smallest absolute Gasteiger partial charge is 0.255 e. The molecule has 0 fully saturated rings. The van der Waals surface area contributed by atoms with E-state index in [9.17, 15) is 13.2 Å². The molecule has 1 aliphatic heterocycles. The van der Waals surface area contributed by atoms with Crippen molar-refractivity contribution >= 4 is 15.9 Å². The topological polar surface area (TPSA) is 119 Å². The van der Waals surface area contributed by atoms with Crippen LogP contribution < -0.4 is 10.0 Å². The van der Waals surface area contributed by atoms with E-state index in [0.29, 0.717) is 36.5 Å². The summed E-state index contributed by atoms with van der Waals surface area (Å²) < 4.78 is 34.8. The molecule has 4 rings (SSSR count). The Labute approximate surface area is 168 Å². The molecule has 1 aromatic carbocycles. The highest BCUT2D eigenvalue weighted by atomic mass is 32.2. The summed E-state index contributed by atoms with van der Waals surface area (Å²) in [6.45, 7) is 3.90. The molecule has 29 heavy (non-hydrogen) atoms. The van der Waals surface area contributed by atoms with Gasteiger partial charge in [0.25, 0.3) is 5.91 Å². The Morgan fingerprint density at radius 3 is 2.72 bits per heavy atom. The number of aromatic nitrogens is 3. The Hall–Kier alpha value is -2.98. The maximum Gasteiger partial charge on any atom is 0.255 e. The number of nitrogens with zero attached hydrogens (tertiary/aromatic N) is 3. The second kappa shape index (κ2) is 7.45. The highest BCUT2D eigenvalue weighted by molar-refractivity contribution is 7.89. The Morgan fingerprint density at radius 1 is 1.28 bits per heavy atom. The molecule has 0 saturated carbocycles. The van der Waals surface area contributed by atoms with Crippen molar-refractivity contribution < 1.29 is 17.7 Å². The van der Waals surface area contributed by atoms with Gasteiger partial charge >= 0.3 is 0 Å². The number of carbonyl (C=O) groups excluding carboxylic acids is 1. The van der Waals surface area contributed by atoms with Gasteiger partial charge in [0.2, 0.25) is 10.0 Å². The average Bonchev–Trinajstić information content (AvgIpc) is 3.34. The molecule has 9 nitrogen and oxygen atoms in total. The van der Waals surface area contributed by atoms with E-state index >= 15 is 0 Å². The lowest BCUT2D eigenvalue weighted by Gasteiger charge is -2.12. The first-order valence-corrected chi connectivity index (χ1v) is 10.7. The Bertz CT molecular complexity index is 1130. The second-order valence-corrected chi connectivity index (χ2v) is 8.68. The van der Waals surface area contributed by atoms with Crippen LogP contribution in [-0.4, -0.2) is 35.3 Å². The monoisotopic (exact) mass is 415 g/mol. The second-order valence-electron chi connectivity index (χ2n) is 7.03. The Morgan fingerprint density at radius 2 is 2.03 bits per heavy atom. The first-order chi connectivity index (χ1) is 13.8. The van der Waals surface area contributed by atoms with Crippen LogP contribution >= 0.6 is 0 Å². The number of rotatable bonds is 6. The van der Waals surface area contributed by atoms with Crippen molar-refractivity contribution in [2.75, 3.05) is 0 Å². The van der Waals surface area contributed by atoms with Crippen molar-refractivity contribution in [3.05, 3.63) is 64.8 Å². The van der Waals surface area contributed by atoms with Gasteiger partial charge in [-0.2, -0.15) is 5.10 Å². The van der Waals surface area contributed by atoms with Gasteiger partial charge in [0.1, 0.15) is 10.6 Å². The lowest BCUT2D eigenvalue weighted by molar-refractivity contribution is 0.0950. The quantitative estimate of drug-likeness (QED) is 0.627. The molecular weight excluding hydrogens is 394 g/mol. The largest absolute Gasteiger partial charge is 0.360 e. The number of nitrogens with one attached hydrogen (secondary N) is 2. The third-order valence-electron chi connectivity index (χ3n) is 4.88. The Kier molecular flexibility index (Phi) is 4.97. The predicted octanol–water partition coefficient (Wildman–Crippen LogP) is 1.32. The van der Waals surface area contributed by atoms with Crippen LogP contribution in [0.1, 0.15) is 33.1 Å². The van der Waals surface area contributed by atoms with Gasteiger partial charge in [-0.15, -0.1) is 0 Å². The fourth-order valence-corrected chi connectivity index (χ4v) is 5.13. The molecular formula is C19H21N5O4S. The predicted molar refractivity (Wildman–Crippen MR) is 104 cm³/mol. The zero-order valence-corrected chi connectivity index (χ0v) is 16.9. The van der Waals surface area contributed by atoms with E-state index in [0.717, 1.165) is 5.56 Å². The van der Waals surface area contributed by atoms with E-state index in [1.807, 2.05) is 30.3 Å². The summed E-state index contributed by atoms with van der Waals surface area (Å²) in [4.78, 5) is 12.6. The van der Waals surface area contributed by atoms with Crippen LogP contribution in [0.2, 0.25) is 0 Å². The zero-order chi connectivity index (χ0) is 20.6. The standard InChI is InChI=1S/C19H21N5O4S/c1-12-18(13(2)28-22-12)29(26,27)23-15-8-17-16(10-21-24(17)11-15)19(25)20-9-14-6-4-3-5-7-14/h3-7,10,15,23H,8-9,11H2,1-2H3,(H,20,25)/t15-/m0/s1. The number of aryl methyl sites for hydroxylation is 2. The maximum atomic E-state index is 12.7. The minimum absolute atomic E-state index is 0.0582. The van der Waals surface area contributed by atoms with Crippen LogP contribution in [0, 0.1) is 13.8 Å². The third-order valence-corrected chi connectivity index (χ3v) is 6.64. The Balaban J connectivity index is 1.44. The number of carbonyl (C=O) groups is 1. The summed E-state index contributed by atoms with van der Waals surface area (Å²) in [5.41, 5.74) is 2.48. The van der Waals surface area contributed by atoms with Gasteiger partial charge in [-0.3, -0.25) is 9.48 Å². The van der Waals surface area contributed by atoms with Gasteiger partial charge in [0, 0.05) is 19.0 Å². The summed E-state index contributed by atoms with van der Waals surface area (Å²) in [6.07, 6.45) is 1.89. The van der Waals surface area contributed by atoms with Crippen molar-refractivity contribution in [1.29, 1.82) is 0 Å². The molecule has 1 aliphatic rings.